The van der Waals surface area contributed by atoms with Crippen molar-refractivity contribution >= 4 is 10.1 Å². The van der Waals surface area contributed by atoms with Crippen LogP contribution in [0.15, 0.2) is 0 Å². The Morgan fingerprint density at radius 1 is 1.40 bits per heavy atom. The molecule has 0 aromatic heterocycles. The lowest BCUT2D eigenvalue weighted by Crippen LogP contribution is -2.06. The first-order valence-corrected chi connectivity index (χ1v) is 4.23. The standard InChI is InChI=1S/C2H7N.C2H6O4S/c1-3-2;3-1-2-7(4,5)6/h3H,1-2H3;3H,1-2H2,(H,4,5,6). The minimum absolute atomic E-state index is 0.529. The van der Waals surface area contributed by atoms with Crippen LogP contribution < -0.4 is 5.32 Å². The second kappa shape index (κ2) is 6.94. The molecule has 0 aliphatic heterocycles. The smallest absolute Gasteiger partial charge is 0.267 e. The van der Waals surface area contributed by atoms with Gasteiger partial charge in [-0.1, -0.05) is 0 Å². The third kappa shape index (κ3) is 24.9. The molecule has 0 saturated carbocycles. The molecule has 0 aliphatic carbocycles. The van der Waals surface area contributed by atoms with Gasteiger partial charge in [-0.2, -0.15) is 8.42 Å². The fraction of sp³-hybridized carbons (Fsp3) is 1.00. The molecule has 0 amide bonds. The van der Waals surface area contributed by atoms with E-state index in [-0.39, 0.29) is 0 Å². The molecule has 0 spiro atoms. The van der Waals surface area contributed by atoms with Crippen LogP contribution in [0.3, 0.4) is 0 Å². The maximum absolute atomic E-state index is 9.63. The van der Waals surface area contributed by atoms with Gasteiger partial charge in [-0.15, -0.1) is 0 Å². The average molecular weight is 171 g/mol. The molecule has 0 radical (unpaired) electrons. The molecule has 5 nitrogen and oxygen atoms in total. The summed E-state index contributed by atoms with van der Waals surface area (Å²) in [6.45, 7) is -0.529. The molecule has 0 rings (SSSR count). The van der Waals surface area contributed by atoms with E-state index in [4.69, 9.17) is 9.66 Å². The molecule has 3 N–H and O–H groups in total. The highest BCUT2D eigenvalue weighted by Crippen LogP contribution is 1.75. The molecule has 0 atom stereocenters. The predicted octanol–water partition coefficient (Wildman–Crippen LogP) is -1.30. The van der Waals surface area contributed by atoms with Gasteiger partial charge in [-0.3, -0.25) is 4.55 Å². The Morgan fingerprint density at radius 2 is 1.70 bits per heavy atom. The third-order valence-corrected chi connectivity index (χ3v) is 1.05. The van der Waals surface area contributed by atoms with E-state index in [1.807, 2.05) is 14.1 Å². The molecule has 10 heavy (non-hydrogen) atoms. The molecule has 6 heteroatoms. The number of aliphatic hydroxyl groups is 1. The van der Waals surface area contributed by atoms with E-state index < -0.39 is 22.5 Å². The molecule has 0 aliphatic rings. The lowest BCUT2D eigenvalue weighted by atomic mass is 10.9. The van der Waals surface area contributed by atoms with E-state index in [1.54, 1.807) is 0 Å². The Balaban J connectivity index is 0. The van der Waals surface area contributed by atoms with Gasteiger partial charge in [0, 0.05) is 0 Å². The summed E-state index contributed by atoms with van der Waals surface area (Å²) in [6, 6.07) is 0. The van der Waals surface area contributed by atoms with Gasteiger partial charge in [-0.05, 0) is 14.1 Å². The van der Waals surface area contributed by atoms with Crippen molar-refractivity contribution in [1.82, 2.24) is 5.32 Å². The van der Waals surface area contributed by atoms with Crippen LogP contribution in [-0.2, 0) is 10.1 Å². The summed E-state index contributed by atoms with van der Waals surface area (Å²) < 4.78 is 27.1. The summed E-state index contributed by atoms with van der Waals surface area (Å²) >= 11 is 0. The van der Waals surface area contributed by atoms with E-state index in [2.05, 4.69) is 5.32 Å². The lowest BCUT2D eigenvalue weighted by Gasteiger charge is -1.85. The summed E-state index contributed by atoms with van der Waals surface area (Å²) in [5, 5.41) is 10.6. The van der Waals surface area contributed by atoms with Crippen LogP contribution in [-0.4, -0.2) is 44.5 Å². The number of aliphatic hydroxyl groups excluding tert-OH is 1. The topological polar surface area (TPSA) is 86.6 Å². The SMILES string of the molecule is CNC.O=S(=O)(O)CCO. The third-order valence-electron chi connectivity index (χ3n) is 0.349. The summed E-state index contributed by atoms with van der Waals surface area (Å²) in [5.41, 5.74) is 0. The molecular formula is C4H13NO4S. The number of hydrogen-bond acceptors (Lipinski definition) is 4. The van der Waals surface area contributed by atoms with Gasteiger partial charge in [0.25, 0.3) is 10.1 Å². The number of rotatable bonds is 2. The Labute approximate surface area is 60.8 Å². The highest BCUT2D eigenvalue weighted by molar-refractivity contribution is 7.85. The van der Waals surface area contributed by atoms with Gasteiger partial charge in [0.2, 0.25) is 0 Å². The van der Waals surface area contributed by atoms with Crippen molar-refractivity contribution in [2.45, 2.75) is 0 Å². The van der Waals surface area contributed by atoms with E-state index in [9.17, 15) is 8.42 Å². The van der Waals surface area contributed by atoms with E-state index >= 15 is 0 Å². The second-order valence-electron chi connectivity index (χ2n) is 1.51. The number of nitrogens with one attached hydrogen (secondary N) is 1. The van der Waals surface area contributed by atoms with Crippen LogP contribution in [0.2, 0.25) is 0 Å². The molecule has 0 fully saturated rings. The molecule has 0 heterocycles. The molecule has 0 aromatic rings. The van der Waals surface area contributed by atoms with Crippen LogP contribution in [0.5, 0.6) is 0 Å². The molecule has 0 saturated heterocycles. The Bertz CT molecular complexity index is 141. The summed E-state index contributed by atoms with van der Waals surface area (Å²) in [6.07, 6.45) is 0. The highest BCUT2D eigenvalue weighted by Gasteiger charge is 1.99. The van der Waals surface area contributed by atoms with E-state index in [0.29, 0.717) is 0 Å². The summed E-state index contributed by atoms with van der Waals surface area (Å²) in [4.78, 5) is 0. The van der Waals surface area contributed by atoms with Crippen molar-refractivity contribution in [2.24, 2.45) is 0 Å². The van der Waals surface area contributed by atoms with Crippen molar-refractivity contribution in [3.63, 3.8) is 0 Å². The predicted molar refractivity (Wildman–Crippen MR) is 38.5 cm³/mol. The zero-order valence-electron chi connectivity index (χ0n) is 6.03. The number of hydrogen-bond donors (Lipinski definition) is 3. The van der Waals surface area contributed by atoms with Crippen molar-refractivity contribution in [3.05, 3.63) is 0 Å². The van der Waals surface area contributed by atoms with E-state index in [0.717, 1.165) is 0 Å². The normalized spacial score (nSPS) is 10.0. The molecule has 0 bridgehead atoms. The van der Waals surface area contributed by atoms with Crippen molar-refractivity contribution < 1.29 is 18.1 Å². The molecular weight excluding hydrogens is 158 g/mol. The zero-order valence-corrected chi connectivity index (χ0v) is 6.85. The van der Waals surface area contributed by atoms with Crippen molar-refractivity contribution in [3.8, 4) is 0 Å². The van der Waals surface area contributed by atoms with Gasteiger partial charge in [0.15, 0.2) is 0 Å². The Morgan fingerprint density at radius 3 is 1.70 bits per heavy atom. The van der Waals surface area contributed by atoms with Crippen LogP contribution in [0.25, 0.3) is 0 Å². The van der Waals surface area contributed by atoms with Crippen LogP contribution in [0.1, 0.15) is 0 Å². The second-order valence-corrected chi connectivity index (χ2v) is 3.08. The fourth-order valence-corrected chi connectivity index (χ4v) is 0.346. The largest absolute Gasteiger partial charge is 0.395 e. The molecule has 0 unspecified atom stereocenters. The lowest BCUT2D eigenvalue weighted by molar-refractivity contribution is 0.315. The summed E-state index contributed by atoms with van der Waals surface area (Å²) in [7, 11) is -0.174. The first-order chi connectivity index (χ1) is 4.47. The van der Waals surface area contributed by atoms with Gasteiger partial charge < -0.3 is 10.4 Å². The van der Waals surface area contributed by atoms with Crippen LogP contribution in [0.4, 0.5) is 0 Å². The molecule has 64 valence electrons. The molecule has 0 aromatic carbocycles. The summed E-state index contributed by atoms with van der Waals surface area (Å²) in [5.74, 6) is -0.576. The first-order valence-electron chi connectivity index (χ1n) is 2.62. The quantitative estimate of drug-likeness (QED) is 0.450. The fourth-order valence-electron chi connectivity index (χ4n) is 0.115. The zero-order chi connectivity index (χ0) is 8.62. The van der Waals surface area contributed by atoms with Crippen molar-refractivity contribution in [2.75, 3.05) is 26.5 Å². The minimum Gasteiger partial charge on any atom is -0.395 e. The highest BCUT2D eigenvalue weighted by atomic mass is 32.2. The van der Waals surface area contributed by atoms with Crippen LogP contribution >= 0.6 is 0 Å². The van der Waals surface area contributed by atoms with E-state index in [1.165, 1.54) is 0 Å². The maximum Gasteiger partial charge on any atom is 0.267 e. The van der Waals surface area contributed by atoms with Crippen LogP contribution in [0, 0.1) is 0 Å². The monoisotopic (exact) mass is 171 g/mol. The maximum atomic E-state index is 9.63. The Hall–Kier alpha value is -0.170. The van der Waals surface area contributed by atoms with Crippen molar-refractivity contribution in [1.29, 1.82) is 0 Å². The van der Waals surface area contributed by atoms with Gasteiger partial charge >= 0.3 is 0 Å². The Kier molecular flexibility index (Phi) is 8.68. The van der Waals surface area contributed by atoms with Gasteiger partial charge in [-0.25, -0.2) is 0 Å². The average Bonchev–Trinajstić information content (AvgIpc) is 1.63. The van der Waals surface area contributed by atoms with Gasteiger partial charge in [0.1, 0.15) is 0 Å². The first kappa shape index (κ1) is 12.5. The van der Waals surface area contributed by atoms with Gasteiger partial charge in [0.05, 0.1) is 12.4 Å². The minimum atomic E-state index is -3.92.